The summed E-state index contributed by atoms with van der Waals surface area (Å²) in [7, 11) is 0. The maximum atomic E-state index is 10.6. The van der Waals surface area contributed by atoms with Gasteiger partial charge < -0.3 is 15.3 Å². The van der Waals surface area contributed by atoms with Gasteiger partial charge in [0.1, 0.15) is 17.1 Å². The molecule has 0 saturated heterocycles. The molecule has 0 aliphatic heterocycles. The van der Waals surface area contributed by atoms with Crippen LogP contribution in [0.5, 0.6) is 11.5 Å². The number of carbonyl (C=O) groups is 1. The van der Waals surface area contributed by atoms with E-state index >= 15 is 0 Å². The third kappa shape index (κ3) is 1.64. The van der Waals surface area contributed by atoms with E-state index in [1.54, 1.807) is 0 Å². The predicted octanol–water partition coefficient (Wildman–Crippen LogP) is 2.10. The average Bonchev–Trinajstić information content (AvgIpc) is 2.01. The molecule has 0 saturated carbocycles. The second kappa shape index (κ2) is 3.32. The minimum absolute atomic E-state index is 0.393. The zero-order valence-electron chi connectivity index (χ0n) is 6.08. The molecular weight excluding hydrogens is 219 g/mol. The second-order valence-electron chi connectivity index (χ2n) is 2.22. The summed E-state index contributed by atoms with van der Waals surface area (Å²) >= 11 is 10.9. The topological polar surface area (TPSA) is 77.8 Å². The van der Waals surface area contributed by atoms with Crippen LogP contribution in [0.2, 0.25) is 10.0 Å². The van der Waals surface area contributed by atoms with Gasteiger partial charge in [0, 0.05) is 6.07 Å². The average molecular weight is 223 g/mol. The minimum atomic E-state index is -1.42. The van der Waals surface area contributed by atoms with Crippen molar-refractivity contribution in [1.82, 2.24) is 0 Å². The summed E-state index contributed by atoms with van der Waals surface area (Å²) in [6, 6.07) is 0.872. The largest absolute Gasteiger partial charge is 0.506 e. The third-order valence-electron chi connectivity index (χ3n) is 1.38. The first-order valence-electron chi connectivity index (χ1n) is 3.08. The molecule has 0 fully saturated rings. The first-order valence-corrected chi connectivity index (χ1v) is 3.84. The summed E-state index contributed by atoms with van der Waals surface area (Å²) in [5.41, 5.74) is -0.513. The number of rotatable bonds is 1. The number of halogens is 2. The van der Waals surface area contributed by atoms with Crippen LogP contribution < -0.4 is 0 Å². The van der Waals surface area contributed by atoms with Crippen LogP contribution >= 0.6 is 23.2 Å². The number of aromatic hydroxyl groups is 2. The van der Waals surface area contributed by atoms with Crippen molar-refractivity contribution in [3.8, 4) is 11.5 Å². The van der Waals surface area contributed by atoms with Crippen molar-refractivity contribution in [1.29, 1.82) is 0 Å². The number of hydrogen-bond acceptors (Lipinski definition) is 3. The van der Waals surface area contributed by atoms with Crippen LogP contribution in [0.25, 0.3) is 0 Å². The zero-order chi connectivity index (χ0) is 10.2. The van der Waals surface area contributed by atoms with Crippen LogP contribution in [0.1, 0.15) is 10.4 Å². The van der Waals surface area contributed by atoms with Crippen molar-refractivity contribution in [2.24, 2.45) is 0 Å². The van der Waals surface area contributed by atoms with E-state index in [0.29, 0.717) is 0 Å². The van der Waals surface area contributed by atoms with E-state index in [4.69, 9.17) is 38.5 Å². The number of phenolic OH excluding ortho intramolecular Hbond substituents is 2. The Morgan fingerprint density at radius 2 is 1.54 bits per heavy atom. The Balaban J connectivity index is 3.56. The molecule has 0 aliphatic rings. The van der Waals surface area contributed by atoms with Crippen LogP contribution in [0, 0.1) is 0 Å². The Kier molecular flexibility index (Phi) is 2.54. The summed E-state index contributed by atoms with van der Waals surface area (Å²) in [5.74, 6) is -2.47. The molecule has 0 unspecified atom stereocenters. The standard InChI is InChI=1S/C7H4Cl2O4/c8-5-2(10)1-3(11)6(9)4(5)7(12)13/h1,10-11H,(H,12,13). The number of carboxylic acid groups (broad SMARTS) is 1. The lowest BCUT2D eigenvalue weighted by atomic mass is 10.2. The Morgan fingerprint density at radius 3 is 1.85 bits per heavy atom. The number of phenols is 2. The second-order valence-corrected chi connectivity index (χ2v) is 2.98. The first kappa shape index (κ1) is 9.95. The quantitative estimate of drug-likeness (QED) is 0.681. The molecule has 3 N–H and O–H groups in total. The van der Waals surface area contributed by atoms with Gasteiger partial charge in [-0.15, -0.1) is 0 Å². The Hall–Kier alpha value is -1.13. The highest BCUT2D eigenvalue weighted by molar-refractivity contribution is 6.41. The first-order chi connectivity index (χ1) is 5.95. The predicted molar refractivity (Wildman–Crippen MR) is 46.8 cm³/mol. The molecule has 0 heterocycles. The molecule has 4 nitrogen and oxygen atoms in total. The molecule has 0 amide bonds. The summed E-state index contributed by atoms with van der Waals surface area (Å²) < 4.78 is 0. The highest BCUT2D eigenvalue weighted by Gasteiger charge is 2.20. The van der Waals surface area contributed by atoms with Gasteiger partial charge >= 0.3 is 5.97 Å². The molecule has 0 atom stereocenters. The van der Waals surface area contributed by atoms with E-state index in [1.807, 2.05) is 0 Å². The Bertz CT molecular complexity index is 349. The van der Waals surface area contributed by atoms with Gasteiger partial charge in [0.25, 0.3) is 0 Å². The number of benzene rings is 1. The fraction of sp³-hybridized carbons (Fsp3) is 0. The lowest BCUT2D eigenvalue weighted by molar-refractivity contribution is 0.0696. The van der Waals surface area contributed by atoms with Crippen molar-refractivity contribution in [3.63, 3.8) is 0 Å². The van der Waals surface area contributed by atoms with Crippen molar-refractivity contribution >= 4 is 29.2 Å². The van der Waals surface area contributed by atoms with Gasteiger partial charge in [-0.2, -0.15) is 0 Å². The molecule has 1 rings (SSSR count). The van der Waals surface area contributed by atoms with E-state index in [9.17, 15) is 4.79 Å². The Labute approximate surface area is 82.9 Å². The van der Waals surface area contributed by atoms with Crippen molar-refractivity contribution in [3.05, 3.63) is 21.7 Å². The molecule has 1 aromatic rings. The minimum Gasteiger partial charge on any atom is -0.506 e. The van der Waals surface area contributed by atoms with Crippen molar-refractivity contribution in [2.75, 3.05) is 0 Å². The van der Waals surface area contributed by atoms with E-state index in [-0.39, 0.29) is 0 Å². The molecule has 0 aromatic heterocycles. The SMILES string of the molecule is O=C(O)c1c(Cl)c(O)cc(O)c1Cl. The summed E-state index contributed by atoms with van der Waals surface area (Å²) in [4.78, 5) is 10.6. The molecule has 70 valence electrons. The highest BCUT2D eigenvalue weighted by atomic mass is 35.5. The molecule has 0 radical (unpaired) electrons. The molecule has 13 heavy (non-hydrogen) atoms. The van der Waals surface area contributed by atoms with Crippen molar-refractivity contribution in [2.45, 2.75) is 0 Å². The van der Waals surface area contributed by atoms with E-state index in [2.05, 4.69) is 0 Å². The monoisotopic (exact) mass is 222 g/mol. The number of aromatic carboxylic acids is 1. The maximum Gasteiger partial charge on any atom is 0.339 e. The smallest absolute Gasteiger partial charge is 0.339 e. The zero-order valence-corrected chi connectivity index (χ0v) is 7.60. The fourth-order valence-corrected chi connectivity index (χ4v) is 1.30. The van der Waals surface area contributed by atoms with E-state index in [0.717, 1.165) is 6.07 Å². The number of hydrogen-bond donors (Lipinski definition) is 3. The maximum absolute atomic E-state index is 10.6. The number of carboxylic acids is 1. The molecule has 6 heteroatoms. The van der Waals surface area contributed by atoms with Crippen LogP contribution in [-0.2, 0) is 0 Å². The van der Waals surface area contributed by atoms with Gasteiger partial charge in [-0.3, -0.25) is 0 Å². The van der Waals surface area contributed by atoms with Gasteiger partial charge in [-0.05, 0) is 0 Å². The summed E-state index contributed by atoms with van der Waals surface area (Å²) in [6.07, 6.45) is 0. The third-order valence-corrected chi connectivity index (χ3v) is 2.14. The van der Waals surface area contributed by atoms with Crippen LogP contribution in [-0.4, -0.2) is 21.3 Å². The lowest BCUT2D eigenvalue weighted by Gasteiger charge is -2.05. The molecule has 0 spiro atoms. The highest BCUT2D eigenvalue weighted by Crippen LogP contribution is 2.38. The molecule has 1 aromatic carbocycles. The van der Waals surface area contributed by atoms with Gasteiger partial charge in [-0.1, -0.05) is 23.2 Å². The van der Waals surface area contributed by atoms with Crippen LogP contribution in [0.3, 0.4) is 0 Å². The van der Waals surface area contributed by atoms with Gasteiger partial charge in [0.2, 0.25) is 0 Å². The molecule has 0 aliphatic carbocycles. The molecule has 0 bridgehead atoms. The van der Waals surface area contributed by atoms with Gasteiger partial charge in [0.15, 0.2) is 0 Å². The van der Waals surface area contributed by atoms with Crippen molar-refractivity contribution < 1.29 is 20.1 Å². The van der Waals surface area contributed by atoms with E-state index in [1.165, 1.54) is 0 Å². The Morgan fingerprint density at radius 1 is 1.15 bits per heavy atom. The van der Waals surface area contributed by atoms with E-state index < -0.39 is 33.1 Å². The van der Waals surface area contributed by atoms with Gasteiger partial charge in [-0.25, -0.2) is 4.79 Å². The van der Waals surface area contributed by atoms with Crippen LogP contribution in [0.4, 0.5) is 0 Å². The lowest BCUT2D eigenvalue weighted by Crippen LogP contribution is -1.98. The summed E-state index contributed by atoms with van der Waals surface area (Å²) in [5, 5.41) is 25.9. The fourth-order valence-electron chi connectivity index (χ4n) is 0.796. The normalized spacial score (nSPS) is 10.0. The van der Waals surface area contributed by atoms with Crippen LogP contribution in [0.15, 0.2) is 6.07 Å². The molecular formula is C7H4Cl2O4. The summed E-state index contributed by atoms with van der Waals surface area (Å²) in [6.45, 7) is 0. The van der Waals surface area contributed by atoms with Gasteiger partial charge in [0.05, 0.1) is 10.0 Å².